The van der Waals surface area contributed by atoms with E-state index in [2.05, 4.69) is 10.6 Å². The van der Waals surface area contributed by atoms with Gasteiger partial charge in [0, 0.05) is 12.1 Å². The third-order valence-corrected chi connectivity index (χ3v) is 7.21. The lowest BCUT2D eigenvalue weighted by atomic mass is 9.67. The van der Waals surface area contributed by atoms with Gasteiger partial charge in [0.2, 0.25) is 0 Å². The van der Waals surface area contributed by atoms with Crippen LogP contribution in [0.4, 0.5) is 9.59 Å². The summed E-state index contributed by atoms with van der Waals surface area (Å²) in [6.45, 7) is 16.8. The molecule has 0 aromatic heterocycles. The minimum absolute atomic E-state index is 0.0549. The molecule has 0 bridgehead atoms. The van der Waals surface area contributed by atoms with Crippen molar-refractivity contribution < 1.29 is 38.9 Å². The standard InChI is InChI=1S/C34H48N2O8/c1-21(35-29(41)43-31(3,4)5)19-33(9,27(37)38)25-17-16-24(23-14-12-11-13-15-23)18-26(25)34(10,28(39)40)20-22(2)36-30(42)44-32(6,7)8/h11-18,21-22H,19-20H2,1-10H3,(H,35,41)(H,36,42)(H,37,38)(H,39,40)/t21?,22-,33?,34+/m0/s1. The van der Waals surface area contributed by atoms with Crippen LogP contribution in [-0.4, -0.2) is 57.6 Å². The maximum Gasteiger partial charge on any atom is 0.407 e. The topological polar surface area (TPSA) is 151 Å². The fraction of sp³-hybridized carbons (Fsp3) is 0.529. The number of aliphatic carboxylic acids is 2. The van der Waals surface area contributed by atoms with E-state index in [0.717, 1.165) is 5.56 Å². The summed E-state index contributed by atoms with van der Waals surface area (Å²) in [7, 11) is 0. The van der Waals surface area contributed by atoms with E-state index in [-0.39, 0.29) is 18.4 Å². The molecule has 4 atom stereocenters. The number of carbonyl (C=O) groups is 4. The predicted molar refractivity (Wildman–Crippen MR) is 169 cm³/mol. The van der Waals surface area contributed by atoms with E-state index < -0.39 is 58.2 Å². The molecule has 44 heavy (non-hydrogen) atoms. The maximum absolute atomic E-state index is 13.1. The number of hydrogen-bond donors (Lipinski definition) is 4. The lowest BCUT2D eigenvalue weighted by molar-refractivity contribution is -0.145. The largest absolute Gasteiger partial charge is 0.481 e. The van der Waals surface area contributed by atoms with Gasteiger partial charge in [-0.3, -0.25) is 9.59 Å². The Labute approximate surface area is 260 Å². The van der Waals surface area contributed by atoms with Crippen LogP contribution in [0.25, 0.3) is 11.1 Å². The molecule has 0 radical (unpaired) electrons. The van der Waals surface area contributed by atoms with Crippen molar-refractivity contribution in [2.45, 2.75) is 116 Å². The molecule has 4 N–H and O–H groups in total. The molecule has 0 saturated heterocycles. The molecule has 242 valence electrons. The molecular formula is C34H48N2O8. The van der Waals surface area contributed by atoms with E-state index in [1.165, 1.54) is 13.8 Å². The molecule has 2 aromatic carbocycles. The Balaban J connectivity index is 2.66. The summed E-state index contributed by atoms with van der Waals surface area (Å²) < 4.78 is 10.7. The second-order valence-electron chi connectivity index (χ2n) is 13.9. The first-order valence-corrected chi connectivity index (χ1v) is 14.7. The summed E-state index contributed by atoms with van der Waals surface area (Å²) in [5.74, 6) is -2.37. The first-order valence-electron chi connectivity index (χ1n) is 14.7. The molecule has 0 spiro atoms. The Morgan fingerprint density at radius 3 is 1.43 bits per heavy atom. The van der Waals surface area contributed by atoms with Gasteiger partial charge in [-0.1, -0.05) is 42.5 Å². The highest BCUT2D eigenvalue weighted by Crippen LogP contribution is 2.42. The smallest absolute Gasteiger partial charge is 0.407 e. The van der Waals surface area contributed by atoms with Crippen molar-refractivity contribution in [2.75, 3.05) is 0 Å². The van der Waals surface area contributed by atoms with E-state index in [1.807, 2.05) is 30.3 Å². The van der Waals surface area contributed by atoms with E-state index in [0.29, 0.717) is 11.1 Å². The normalized spacial score (nSPS) is 16.0. The zero-order valence-electron chi connectivity index (χ0n) is 27.5. The van der Waals surface area contributed by atoms with Crippen molar-refractivity contribution in [1.82, 2.24) is 10.6 Å². The molecule has 0 aliphatic rings. The molecule has 2 unspecified atom stereocenters. The minimum atomic E-state index is -1.63. The number of carboxylic acids is 2. The van der Waals surface area contributed by atoms with Gasteiger partial charge in [0.05, 0.1) is 10.8 Å². The van der Waals surface area contributed by atoms with Crippen molar-refractivity contribution in [3.63, 3.8) is 0 Å². The number of alkyl carbamates (subject to hydrolysis) is 2. The fourth-order valence-electron chi connectivity index (χ4n) is 5.26. The zero-order chi connectivity index (χ0) is 33.7. The highest BCUT2D eigenvalue weighted by atomic mass is 16.6. The molecule has 2 amide bonds. The molecule has 2 aromatic rings. The van der Waals surface area contributed by atoms with Gasteiger partial charge in [-0.15, -0.1) is 0 Å². The van der Waals surface area contributed by atoms with Crippen LogP contribution in [0.1, 0.15) is 93.2 Å². The number of hydrogen-bond acceptors (Lipinski definition) is 6. The van der Waals surface area contributed by atoms with Gasteiger partial charge < -0.3 is 30.3 Å². The Kier molecular flexibility index (Phi) is 11.2. The highest BCUT2D eigenvalue weighted by molar-refractivity contribution is 5.87. The molecule has 10 nitrogen and oxygen atoms in total. The third-order valence-electron chi connectivity index (χ3n) is 7.21. The van der Waals surface area contributed by atoms with Gasteiger partial charge in [0.25, 0.3) is 0 Å². The second kappa shape index (κ2) is 13.7. The van der Waals surface area contributed by atoms with Crippen LogP contribution in [0.3, 0.4) is 0 Å². The molecule has 2 rings (SSSR count). The highest BCUT2D eigenvalue weighted by Gasteiger charge is 2.46. The Morgan fingerprint density at radius 2 is 1.05 bits per heavy atom. The zero-order valence-corrected chi connectivity index (χ0v) is 27.5. The fourth-order valence-corrected chi connectivity index (χ4v) is 5.26. The summed E-state index contributed by atoms with van der Waals surface area (Å²) >= 11 is 0. The van der Waals surface area contributed by atoms with Crippen LogP contribution in [0, 0.1) is 0 Å². The molecule has 0 saturated carbocycles. The molecular weight excluding hydrogens is 564 g/mol. The molecule has 0 aliphatic carbocycles. The predicted octanol–water partition coefficient (Wildman–Crippen LogP) is 6.64. The van der Waals surface area contributed by atoms with Crippen LogP contribution < -0.4 is 10.6 Å². The third kappa shape index (κ3) is 9.72. The van der Waals surface area contributed by atoms with Crippen molar-refractivity contribution in [3.05, 3.63) is 59.7 Å². The van der Waals surface area contributed by atoms with Crippen LogP contribution in [0.5, 0.6) is 0 Å². The van der Waals surface area contributed by atoms with Crippen LogP contribution in [0.15, 0.2) is 48.5 Å². The van der Waals surface area contributed by atoms with Crippen LogP contribution in [0.2, 0.25) is 0 Å². The molecule has 0 heterocycles. The summed E-state index contributed by atoms with van der Waals surface area (Å²) in [5, 5.41) is 26.7. The number of carbonyl (C=O) groups excluding carboxylic acids is 2. The van der Waals surface area contributed by atoms with Crippen LogP contribution >= 0.6 is 0 Å². The monoisotopic (exact) mass is 612 g/mol. The van der Waals surface area contributed by atoms with Gasteiger partial charge >= 0.3 is 24.1 Å². The van der Waals surface area contributed by atoms with E-state index in [9.17, 15) is 29.4 Å². The van der Waals surface area contributed by atoms with Crippen LogP contribution in [-0.2, 0) is 29.9 Å². The van der Waals surface area contributed by atoms with Crippen molar-refractivity contribution in [2.24, 2.45) is 0 Å². The average Bonchev–Trinajstić information content (AvgIpc) is 2.85. The van der Waals surface area contributed by atoms with Gasteiger partial charge in [-0.05, 0) is 110 Å². The van der Waals surface area contributed by atoms with Gasteiger partial charge in [0.15, 0.2) is 0 Å². The van der Waals surface area contributed by atoms with Crippen molar-refractivity contribution in [1.29, 1.82) is 0 Å². The van der Waals surface area contributed by atoms with Crippen molar-refractivity contribution in [3.8, 4) is 11.1 Å². The lowest BCUT2D eigenvalue weighted by Crippen LogP contribution is -2.47. The Morgan fingerprint density at radius 1 is 0.636 bits per heavy atom. The first kappa shape index (κ1) is 36.1. The molecule has 0 aliphatic heterocycles. The van der Waals surface area contributed by atoms with Gasteiger partial charge in [-0.25, -0.2) is 9.59 Å². The molecule has 10 heteroatoms. The number of carboxylic acid groups (broad SMARTS) is 2. The van der Waals surface area contributed by atoms with Gasteiger partial charge in [-0.2, -0.15) is 0 Å². The lowest BCUT2D eigenvalue weighted by Gasteiger charge is -2.37. The summed E-state index contributed by atoms with van der Waals surface area (Å²) in [6, 6.07) is 13.2. The SMILES string of the molecule is CC(CC(C)(C(=O)O)c1ccc(-c2ccccc2)cc1[C@@](C)(C[C@H](C)NC(=O)OC(C)(C)C)C(=O)O)NC(=O)OC(C)(C)C. The number of rotatable bonds is 11. The summed E-state index contributed by atoms with van der Waals surface area (Å²) in [6.07, 6.45) is -1.49. The second-order valence-corrected chi connectivity index (χ2v) is 13.9. The first-order chi connectivity index (χ1) is 20.1. The average molecular weight is 613 g/mol. The Bertz CT molecular complexity index is 1350. The number of benzene rings is 2. The number of ether oxygens (including phenoxy) is 2. The quantitative estimate of drug-likeness (QED) is 0.220. The minimum Gasteiger partial charge on any atom is -0.481 e. The van der Waals surface area contributed by atoms with Gasteiger partial charge in [0.1, 0.15) is 11.2 Å². The number of nitrogens with one attached hydrogen (secondary N) is 2. The number of amides is 2. The summed E-state index contributed by atoms with van der Waals surface area (Å²) in [4.78, 5) is 51.1. The van der Waals surface area contributed by atoms with E-state index in [4.69, 9.17) is 9.47 Å². The summed E-state index contributed by atoms with van der Waals surface area (Å²) in [5.41, 5.74) is -2.62. The van der Waals surface area contributed by atoms with Crippen molar-refractivity contribution >= 4 is 24.1 Å². The maximum atomic E-state index is 13.1. The van der Waals surface area contributed by atoms with E-state index in [1.54, 1.807) is 73.6 Å². The Hall–Kier alpha value is -4.08. The van der Waals surface area contributed by atoms with E-state index >= 15 is 0 Å². The molecule has 0 fully saturated rings.